The van der Waals surface area contributed by atoms with E-state index in [9.17, 15) is 8.42 Å². The molecule has 0 aromatic heterocycles. The quantitative estimate of drug-likeness (QED) is 0.533. The zero-order valence-corrected chi connectivity index (χ0v) is 5.73. The highest BCUT2D eigenvalue weighted by Gasteiger charge is 1.97. The summed E-state index contributed by atoms with van der Waals surface area (Å²) in [6.07, 6.45) is 1.62. The standard InChI is InChI=1S/C4H9O3S/c1-3-4-7-8(2,5)6/h4H,3H2,1-2H3. The maximum atomic E-state index is 10.1. The van der Waals surface area contributed by atoms with E-state index in [1.807, 2.05) is 0 Å². The number of rotatable bonds is 3. The lowest BCUT2D eigenvalue weighted by Crippen LogP contribution is -1.98. The molecule has 0 spiro atoms. The molecule has 0 saturated carbocycles. The minimum absolute atomic E-state index is 0.604. The van der Waals surface area contributed by atoms with E-state index < -0.39 is 10.1 Å². The monoisotopic (exact) mass is 137 g/mol. The van der Waals surface area contributed by atoms with Crippen LogP contribution in [0.4, 0.5) is 0 Å². The van der Waals surface area contributed by atoms with Gasteiger partial charge >= 0.3 is 0 Å². The second-order valence-corrected chi connectivity index (χ2v) is 2.98. The average molecular weight is 137 g/mol. The minimum atomic E-state index is -3.24. The summed E-state index contributed by atoms with van der Waals surface area (Å²) in [6.45, 7) is 3.04. The summed E-state index contributed by atoms with van der Waals surface area (Å²) in [5.41, 5.74) is 0. The van der Waals surface area contributed by atoms with Crippen molar-refractivity contribution in [1.82, 2.24) is 0 Å². The highest BCUT2D eigenvalue weighted by atomic mass is 32.2. The highest BCUT2D eigenvalue weighted by molar-refractivity contribution is 7.86. The Bertz CT molecular complexity index is 135. The van der Waals surface area contributed by atoms with Crippen LogP contribution >= 0.6 is 0 Å². The van der Waals surface area contributed by atoms with Crippen LogP contribution in [0, 0.1) is 6.61 Å². The van der Waals surface area contributed by atoms with Crippen molar-refractivity contribution < 1.29 is 12.6 Å². The molecule has 3 nitrogen and oxygen atoms in total. The van der Waals surface area contributed by atoms with Crippen molar-refractivity contribution in [2.24, 2.45) is 0 Å². The zero-order chi connectivity index (χ0) is 6.62. The normalized spacial score (nSPS) is 11.8. The smallest absolute Gasteiger partial charge is 0.264 e. The van der Waals surface area contributed by atoms with Gasteiger partial charge in [-0.3, -0.25) is 4.18 Å². The van der Waals surface area contributed by atoms with Gasteiger partial charge in [-0.05, 0) is 6.42 Å². The molecule has 0 aliphatic rings. The Hall–Kier alpha value is -0.0900. The summed E-state index contributed by atoms with van der Waals surface area (Å²) in [5, 5.41) is 0. The third-order valence-corrected chi connectivity index (χ3v) is 0.895. The molecule has 0 aromatic rings. The van der Waals surface area contributed by atoms with Gasteiger partial charge in [-0.25, -0.2) is 0 Å². The van der Waals surface area contributed by atoms with Crippen molar-refractivity contribution in [3.05, 3.63) is 6.61 Å². The molecular weight excluding hydrogens is 128 g/mol. The molecule has 0 aliphatic carbocycles. The van der Waals surface area contributed by atoms with E-state index in [0.29, 0.717) is 6.42 Å². The van der Waals surface area contributed by atoms with Gasteiger partial charge in [0.15, 0.2) is 0 Å². The van der Waals surface area contributed by atoms with Gasteiger partial charge in [0.05, 0.1) is 6.26 Å². The first kappa shape index (κ1) is 7.91. The molecule has 0 N–H and O–H groups in total. The number of hydrogen-bond acceptors (Lipinski definition) is 3. The van der Waals surface area contributed by atoms with Gasteiger partial charge in [0, 0.05) is 0 Å². The Kier molecular flexibility index (Phi) is 3.01. The fourth-order valence-electron chi connectivity index (χ4n) is 0.192. The third kappa shape index (κ3) is 5.91. The van der Waals surface area contributed by atoms with Gasteiger partial charge in [0.1, 0.15) is 6.61 Å². The SMILES string of the molecule is CC[CH]OS(C)(=O)=O. The molecule has 0 fully saturated rings. The molecule has 0 atom stereocenters. The van der Waals surface area contributed by atoms with E-state index in [1.54, 1.807) is 6.92 Å². The van der Waals surface area contributed by atoms with Gasteiger partial charge in [-0.2, -0.15) is 8.42 Å². The van der Waals surface area contributed by atoms with Crippen LogP contribution in [0.5, 0.6) is 0 Å². The van der Waals surface area contributed by atoms with Gasteiger partial charge in [-0.15, -0.1) is 0 Å². The second kappa shape index (κ2) is 3.04. The van der Waals surface area contributed by atoms with Crippen LogP contribution < -0.4 is 0 Å². The molecular formula is C4H9O3S. The minimum Gasteiger partial charge on any atom is -0.264 e. The Morgan fingerprint density at radius 2 is 2.12 bits per heavy atom. The fourth-order valence-corrected chi connectivity index (χ4v) is 0.575. The summed E-state index contributed by atoms with van der Waals surface area (Å²) in [6, 6.07) is 0. The average Bonchev–Trinajstić information content (AvgIpc) is 1.59. The van der Waals surface area contributed by atoms with Gasteiger partial charge in [-0.1, -0.05) is 6.92 Å². The first-order chi connectivity index (χ1) is 3.56. The van der Waals surface area contributed by atoms with Crippen LogP contribution in [0.15, 0.2) is 0 Å². The molecule has 0 aliphatic heterocycles. The summed E-state index contributed by atoms with van der Waals surface area (Å²) in [5.74, 6) is 0. The summed E-state index contributed by atoms with van der Waals surface area (Å²) in [4.78, 5) is 0. The predicted octanol–water partition coefficient (Wildman–Crippen LogP) is 0.534. The van der Waals surface area contributed by atoms with Crippen molar-refractivity contribution in [3.63, 3.8) is 0 Å². The summed E-state index contributed by atoms with van der Waals surface area (Å²) in [7, 11) is -3.24. The topological polar surface area (TPSA) is 43.4 Å². The second-order valence-electron chi connectivity index (χ2n) is 1.38. The van der Waals surface area contributed by atoms with Crippen LogP contribution in [-0.4, -0.2) is 14.7 Å². The molecule has 0 unspecified atom stereocenters. The third-order valence-electron chi connectivity index (χ3n) is 0.410. The van der Waals surface area contributed by atoms with E-state index in [1.165, 1.54) is 6.61 Å². The van der Waals surface area contributed by atoms with Crippen molar-refractivity contribution in [1.29, 1.82) is 0 Å². The highest BCUT2D eigenvalue weighted by Crippen LogP contribution is 1.92. The Morgan fingerprint density at radius 3 is 2.25 bits per heavy atom. The Balaban J connectivity index is 3.42. The maximum absolute atomic E-state index is 10.1. The predicted molar refractivity (Wildman–Crippen MR) is 30.5 cm³/mol. The lowest BCUT2D eigenvalue weighted by atomic mass is 10.5. The van der Waals surface area contributed by atoms with E-state index in [-0.39, 0.29) is 0 Å². The molecule has 4 heteroatoms. The summed E-state index contributed by atoms with van der Waals surface area (Å²) >= 11 is 0. The van der Waals surface area contributed by atoms with Gasteiger partial charge in [0.25, 0.3) is 10.1 Å². The van der Waals surface area contributed by atoms with Crippen LogP contribution in [0.2, 0.25) is 0 Å². The molecule has 49 valence electrons. The maximum Gasteiger partial charge on any atom is 0.264 e. The van der Waals surface area contributed by atoms with E-state index >= 15 is 0 Å². The van der Waals surface area contributed by atoms with Crippen molar-refractivity contribution >= 4 is 10.1 Å². The molecule has 0 rings (SSSR count). The van der Waals surface area contributed by atoms with Gasteiger partial charge in [0.2, 0.25) is 0 Å². The lowest BCUT2D eigenvalue weighted by molar-refractivity contribution is 0.390. The van der Waals surface area contributed by atoms with Gasteiger partial charge < -0.3 is 0 Å². The largest absolute Gasteiger partial charge is 0.264 e. The first-order valence-corrected chi connectivity index (χ1v) is 4.08. The number of hydrogen-bond donors (Lipinski definition) is 0. The molecule has 1 radical (unpaired) electrons. The van der Waals surface area contributed by atoms with Crippen molar-refractivity contribution in [2.45, 2.75) is 13.3 Å². The van der Waals surface area contributed by atoms with Crippen LogP contribution in [0.25, 0.3) is 0 Å². The van der Waals surface area contributed by atoms with Crippen molar-refractivity contribution in [3.8, 4) is 0 Å². The molecule has 0 bridgehead atoms. The first-order valence-electron chi connectivity index (χ1n) is 2.26. The van der Waals surface area contributed by atoms with E-state index in [4.69, 9.17) is 0 Å². The van der Waals surface area contributed by atoms with Crippen LogP contribution in [0.1, 0.15) is 13.3 Å². The Labute approximate surface area is 49.8 Å². The molecule has 0 heterocycles. The van der Waals surface area contributed by atoms with Crippen LogP contribution in [-0.2, 0) is 14.3 Å². The van der Waals surface area contributed by atoms with Crippen LogP contribution in [0.3, 0.4) is 0 Å². The molecule has 0 amide bonds. The fraction of sp³-hybridized carbons (Fsp3) is 0.750. The van der Waals surface area contributed by atoms with E-state index in [2.05, 4.69) is 4.18 Å². The van der Waals surface area contributed by atoms with Crippen molar-refractivity contribution in [2.75, 3.05) is 6.26 Å². The zero-order valence-electron chi connectivity index (χ0n) is 4.92. The lowest BCUT2D eigenvalue weighted by Gasteiger charge is -1.93. The Morgan fingerprint density at radius 1 is 1.62 bits per heavy atom. The molecule has 8 heavy (non-hydrogen) atoms. The molecule has 0 aromatic carbocycles. The van der Waals surface area contributed by atoms with E-state index in [0.717, 1.165) is 6.26 Å². The summed E-state index contributed by atoms with van der Waals surface area (Å²) < 4.78 is 24.5. The molecule has 0 saturated heterocycles.